The van der Waals surface area contributed by atoms with Crippen LogP contribution in [0.15, 0.2) is 103 Å². The minimum atomic E-state index is 0.685. The quantitative estimate of drug-likeness (QED) is 0.325. The molecule has 4 heterocycles. The van der Waals surface area contributed by atoms with Crippen LogP contribution >= 0.6 is 0 Å². The van der Waals surface area contributed by atoms with E-state index in [1.807, 2.05) is 67.7 Å². The van der Waals surface area contributed by atoms with E-state index >= 15 is 0 Å². The van der Waals surface area contributed by atoms with Gasteiger partial charge in [-0.3, -0.25) is 14.5 Å². The molecule has 0 spiro atoms. The predicted octanol–water partition coefficient (Wildman–Crippen LogP) is 6.11. The lowest BCUT2D eigenvalue weighted by molar-refractivity contribution is 1.06. The molecule has 0 unspecified atom stereocenters. The zero-order valence-corrected chi connectivity index (χ0v) is 17.7. The molecule has 0 aliphatic carbocycles. The first-order valence-corrected chi connectivity index (χ1v) is 10.4. The average Bonchev–Trinajstić information content (AvgIpc) is 3.19. The lowest BCUT2D eigenvalue weighted by Crippen LogP contribution is -1.97. The van der Waals surface area contributed by atoms with Crippen molar-refractivity contribution in [3.63, 3.8) is 0 Å². The van der Waals surface area contributed by atoms with Crippen LogP contribution in [0.25, 0.3) is 39.0 Å². The molecule has 0 saturated heterocycles. The van der Waals surface area contributed by atoms with Crippen LogP contribution in [0.3, 0.4) is 0 Å². The van der Waals surface area contributed by atoms with Gasteiger partial charge in [-0.1, -0.05) is 30.9 Å². The van der Waals surface area contributed by atoms with Gasteiger partial charge in [0.25, 0.3) is 0 Å². The van der Waals surface area contributed by atoms with Crippen molar-refractivity contribution in [3.8, 4) is 5.82 Å². The molecule has 0 radical (unpaired) electrons. The fourth-order valence-electron chi connectivity index (χ4n) is 3.79. The van der Waals surface area contributed by atoms with E-state index in [4.69, 9.17) is 0 Å². The number of hydrogen-bond donors (Lipinski definition) is 0. The van der Waals surface area contributed by atoms with Gasteiger partial charge in [-0.15, -0.1) is 0 Å². The molecule has 0 saturated carbocycles. The average molecular weight is 416 g/mol. The van der Waals surface area contributed by atoms with E-state index in [1.165, 1.54) is 0 Å². The van der Waals surface area contributed by atoms with Crippen LogP contribution in [0, 0.1) is 0 Å². The highest BCUT2D eigenvalue weighted by Crippen LogP contribution is 2.32. The first-order valence-electron chi connectivity index (χ1n) is 10.4. The second-order valence-corrected chi connectivity index (χ2v) is 7.29. The van der Waals surface area contributed by atoms with Crippen LogP contribution in [0.1, 0.15) is 18.2 Å². The second kappa shape index (κ2) is 8.40. The maximum Gasteiger partial charge on any atom is 0.146 e. The topological polar surface area (TPSA) is 56.0 Å². The van der Waals surface area contributed by atoms with E-state index < -0.39 is 0 Å². The van der Waals surface area contributed by atoms with Crippen molar-refractivity contribution in [2.24, 2.45) is 4.99 Å². The highest BCUT2D eigenvalue weighted by molar-refractivity contribution is 6.11. The van der Waals surface area contributed by atoms with Crippen LogP contribution in [0.5, 0.6) is 0 Å². The summed E-state index contributed by atoms with van der Waals surface area (Å²) in [7, 11) is 0. The number of fused-ring (bicyclic) bond motifs is 3. The van der Waals surface area contributed by atoms with Gasteiger partial charge >= 0.3 is 0 Å². The number of hydrogen-bond acceptors (Lipinski definition) is 4. The maximum atomic E-state index is 4.63. The number of benzene rings is 1. The molecule has 0 aliphatic rings. The molecule has 32 heavy (non-hydrogen) atoms. The first kappa shape index (κ1) is 19.6. The number of pyridine rings is 3. The smallest absolute Gasteiger partial charge is 0.146 e. The summed E-state index contributed by atoms with van der Waals surface area (Å²) < 4.78 is 2.08. The lowest BCUT2D eigenvalue weighted by Gasteiger charge is -2.06. The van der Waals surface area contributed by atoms with E-state index in [1.54, 1.807) is 18.6 Å². The molecule has 0 bridgehead atoms. The normalized spacial score (nSPS) is 12.1. The Morgan fingerprint density at radius 2 is 1.69 bits per heavy atom. The van der Waals surface area contributed by atoms with Crippen molar-refractivity contribution in [3.05, 3.63) is 109 Å². The summed E-state index contributed by atoms with van der Waals surface area (Å²) in [4.78, 5) is 18.2. The standard InChI is InChI=1S/C27H21N5/c1-3-20(24-10-4-6-14-28-24)18-31-19(2)21-12-13-25-23(17-21)22-9-8-16-30-27(22)32(25)26-11-5-7-15-29-26/h3-18H,2H2,1H3/b20-3+,31-18-. The molecule has 0 fully saturated rings. The number of rotatable bonds is 5. The van der Waals surface area contributed by atoms with Crippen molar-refractivity contribution in [1.29, 1.82) is 0 Å². The monoisotopic (exact) mass is 415 g/mol. The molecule has 5 aromatic rings. The van der Waals surface area contributed by atoms with Crippen molar-refractivity contribution in [1.82, 2.24) is 19.5 Å². The zero-order valence-electron chi connectivity index (χ0n) is 17.7. The third kappa shape index (κ3) is 3.50. The summed E-state index contributed by atoms with van der Waals surface area (Å²) in [6.45, 7) is 6.17. The Kier molecular flexibility index (Phi) is 5.14. The molecule has 5 heteroatoms. The molecule has 0 N–H and O–H groups in total. The molecule has 0 amide bonds. The molecule has 5 rings (SSSR count). The van der Waals surface area contributed by atoms with E-state index in [9.17, 15) is 0 Å². The van der Waals surface area contributed by atoms with Gasteiger partial charge in [0.2, 0.25) is 0 Å². The third-order valence-corrected chi connectivity index (χ3v) is 5.37. The van der Waals surface area contributed by atoms with Crippen LogP contribution in [0.4, 0.5) is 0 Å². The summed E-state index contributed by atoms with van der Waals surface area (Å²) in [5.74, 6) is 0.837. The molecular formula is C27H21N5. The van der Waals surface area contributed by atoms with Crippen LogP contribution in [-0.4, -0.2) is 25.7 Å². The summed E-state index contributed by atoms with van der Waals surface area (Å²) in [6, 6.07) is 22.0. The van der Waals surface area contributed by atoms with Gasteiger partial charge in [0.15, 0.2) is 0 Å². The van der Waals surface area contributed by atoms with Gasteiger partial charge in [-0.05, 0) is 55.5 Å². The van der Waals surface area contributed by atoms with Crippen LogP contribution in [0.2, 0.25) is 0 Å². The fourth-order valence-corrected chi connectivity index (χ4v) is 3.79. The first-order chi connectivity index (χ1) is 15.8. The SMILES string of the molecule is C=C(/N=C\C(=C/C)c1ccccn1)c1ccc2c(c1)c1cccnc1n2-c1ccccn1. The van der Waals surface area contributed by atoms with Crippen molar-refractivity contribution in [2.75, 3.05) is 0 Å². The molecule has 154 valence electrons. The molecule has 0 aliphatic heterocycles. The van der Waals surface area contributed by atoms with Crippen molar-refractivity contribution >= 4 is 39.4 Å². The van der Waals surface area contributed by atoms with Crippen LogP contribution < -0.4 is 0 Å². The Hall–Kier alpha value is -4.38. The second-order valence-electron chi connectivity index (χ2n) is 7.29. The van der Waals surface area contributed by atoms with E-state index in [0.29, 0.717) is 5.70 Å². The molecule has 0 atom stereocenters. The largest absolute Gasteiger partial charge is 0.278 e. The Balaban J connectivity index is 1.57. The van der Waals surface area contributed by atoms with Gasteiger partial charge in [-0.25, -0.2) is 9.97 Å². The zero-order chi connectivity index (χ0) is 21.9. The lowest BCUT2D eigenvalue weighted by atomic mass is 10.1. The predicted molar refractivity (Wildman–Crippen MR) is 132 cm³/mol. The third-order valence-electron chi connectivity index (χ3n) is 5.37. The van der Waals surface area contributed by atoms with E-state index in [-0.39, 0.29) is 0 Å². The van der Waals surface area contributed by atoms with E-state index in [0.717, 1.165) is 44.6 Å². The summed E-state index contributed by atoms with van der Waals surface area (Å²) in [5, 5.41) is 2.15. The summed E-state index contributed by atoms with van der Waals surface area (Å²) in [5.41, 5.74) is 5.38. The molecule has 4 aromatic heterocycles. The fraction of sp³-hybridized carbons (Fsp3) is 0.0370. The van der Waals surface area contributed by atoms with Crippen LogP contribution in [-0.2, 0) is 0 Å². The van der Waals surface area contributed by atoms with Gasteiger partial charge in [0.1, 0.15) is 11.5 Å². The Bertz CT molecular complexity index is 1480. The number of aliphatic imine (C=N–C) groups is 1. The summed E-state index contributed by atoms with van der Waals surface area (Å²) >= 11 is 0. The highest BCUT2D eigenvalue weighted by atomic mass is 15.1. The van der Waals surface area contributed by atoms with Crippen molar-refractivity contribution < 1.29 is 0 Å². The number of nitrogens with zero attached hydrogens (tertiary/aromatic N) is 5. The molecule has 1 aromatic carbocycles. The molecule has 5 nitrogen and oxygen atoms in total. The minimum absolute atomic E-state index is 0.685. The van der Waals surface area contributed by atoms with Gasteiger partial charge < -0.3 is 0 Å². The number of aromatic nitrogens is 4. The van der Waals surface area contributed by atoms with Gasteiger partial charge in [-0.2, -0.15) is 0 Å². The Morgan fingerprint density at radius 1 is 0.875 bits per heavy atom. The highest BCUT2D eigenvalue weighted by Gasteiger charge is 2.14. The summed E-state index contributed by atoms with van der Waals surface area (Å²) in [6.07, 6.45) is 9.19. The number of allylic oxidation sites excluding steroid dienone is 2. The Morgan fingerprint density at radius 3 is 2.44 bits per heavy atom. The van der Waals surface area contributed by atoms with Gasteiger partial charge in [0.05, 0.1) is 16.9 Å². The maximum absolute atomic E-state index is 4.63. The van der Waals surface area contributed by atoms with E-state index in [2.05, 4.69) is 49.3 Å². The minimum Gasteiger partial charge on any atom is -0.278 e. The van der Waals surface area contributed by atoms with Crippen molar-refractivity contribution in [2.45, 2.75) is 6.92 Å². The Labute approximate surface area is 186 Å². The van der Waals surface area contributed by atoms with Gasteiger partial charge in [0, 0.05) is 46.7 Å². The molecular weight excluding hydrogens is 394 g/mol.